The lowest BCUT2D eigenvalue weighted by Gasteiger charge is -2.25. The zero-order chi connectivity index (χ0) is 14.4. The third kappa shape index (κ3) is 4.56. The van der Waals surface area contributed by atoms with E-state index in [9.17, 15) is 9.90 Å². The second-order valence-corrected chi connectivity index (χ2v) is 5.14. The van der Waals surface area contributed by atoms with E-state index < -0.39 is 0 Å². The number of nitrogens with zero attached hydrogens (tertiary/aromatic N) is 1. The average Bonchev–Trinajstić information content (AvgIpc) is 2.33. The average molecular weight is 265 g/mol. The lowest BCUT2D eigenvalue weighted by molar-refractivity contribution is 0.0671. The van der Waals surface area contributed by atoms with E-state index in [1.165, 1.54) is 0 Å². The molecule has 0 saturated carbocycles. The predicted molar refractivity (Wildman–Crippen MR) is 75.5 cm³/mol. The Bertz CT molecular complexity index is 429. The normalized spacial score (nSPS) is 10.8. The van der Waals surface area contributed by atoms with Crippen molar-refractivity contribution in [1.82, 2.24) is 4.90 Å². The highest BCUT2D eigenvalue weighted by molar-refractivity contribution is 5.95. The van der Waals surface area contributed by atoms with Crippen molar-refractivity contribution in [2.45, 2.75) is 20.8 Å². The molecule has 0 aliphatic carbocycles. The second kappa shape index (κ2) is 7.14. The highest BCUT2D eigenvalue weighted by Gasteiger charge is 2.18. The molecule has 19 heavy (non-hydrogen) atoms. The Labute approximate surface area is 115 Å². The van der Waals surface area contributed by atoms with Crippen molar-refractivity contribution < 1.29 is 14.6 Å². The predicted octanol–water partition coefficient (Wildman–Crippen LogP) is 2.45. The fourth-order valence-electron chi connectivity index (χ4n) is 1.98. The van der Waals surface area contributed by atoms with Crippen LogP contribution in [0.4, 0.5) is 0 Å². The van der Waals surface area contributed by atoms with Gasteiger partial charge in [-0.25, -0.2) is 0 Å². The number of rotatable bonds is 6. The molecule has 0 aromatic heterocycles. The van der Waals surface area contributed by atoms with Crippen molar-refractivity contribution >= 4 is 5.91 Å². The molecule has 1 aromatic rings. The number of phenolic OH excluding ortho intramolecular Hbond substituents is 1. The number of hydrogen-bond acceptors (Lipinski definition) is 3. The highest BCUT2D eigenvalue weighted by atomic mass is 16.5. The van der Waals surface area contributed by atoms with Gasteiger partial charge in [0.25, 0.3) is 5.91 Å². The molecular formula is C15H23NO3. The molecule has 4 nitrogen and oxygen atoms in total. The van der Waals surface area contributed by atoms with Crippen molar-refractivity contribution in [2.75, 3.05) is 26.8 Å². The molecule has 0 unspecified atom stereocenters. The van der Waals surface area contributed by atoms with Crippen LogP contribution >= 0.6 is 0 Å². The molecule has 0 radical (unpaired) electrons. The maximum atomic E-state index is 12.5. The van der Waals surface area contributed by atoms with E-state index in [4.69, 9.17) is 4.74 Å². The Hall–Kier alpha value is -1.55. The van der Waals surface area contributed by atoms with Gasteiger partial charge in [-0.05, 0) is 36.6 Å². The molecule has 0 saturated heterocycles. The van der Waals surface area contributed by atoms with Crippen molar-refractivity contribution in [3.8, 4) is 5.75 Å². The summed E-state index contributed by atoms with van der Waals surface area (Å²) < 4.78 is 5.06. The minimum absolute atomic E-state index is 0.0109. The number of aryl methyl sites for hydroxylation is 1. The van der Waals surface area contributed by atoms with Gasteiger partial charge in [0, 0.05) is 25.8 Å². The zero-order valence-electron chi connectivity index (χ0n) is 12.1. The molecule has 0 aliphatic rings. The molecule has 1 aromatic carbocycles. The smallest absolute Gasteiger partial charge is 0.254 e. The minimum atomic E-state index is -0.0109. The monoisotopic (exact) mass is 265 g/mol. The van der Waals surface area contributed by atoms with Crippen LogP contribution in [-0.4, -0.2) is 42.7 Å². The minimum Gasteiger partial charge on any atom is -0.508 e. The maximum Gasteiger partial charge on any atom is 0.254 e. The van der Waals surface area contributed by atoms with Crippen LogP contribution in [0.2, 0.25) is 0 Å². The summed E-state index contributed by atoms with van der Waals surface area (Å²) >= 11 is 0. The molecule has 0 aliphatic heterocycles. The van der Waals surface area contributed by atoms with Crippen LogP contribution in [0, 0.1) is 12.8 Å². The molecule has 0 heterocycles. The Morgan fingerprint density at radius 2 is 2.11 bits per heavy atom. The summed E-state index contributed by atoms with van der Waals surface area (Å²) in [7, 11) is 1.63. The van der Waals surface area contributed by atoms with Crippen molar-refractivity contribution in [2.24, 2.45) is 5.92 Å². The first-order chi connectivity index (χ1) is 8.95. The third-order valence-corrected chi connectivity index (χ3v) is 2.88. The van der Waals surface area contributed by atoms with Gasteiger partial charge in [0.2, 0.25) is 0 Å². The summed E-state index contributed by atoms with van der Waals surface area (Å²) in [5.41, 5.74) is 1.42. The molecular weight excluding hydrogens is 242 g/mol. The molecule has 0 bridgehead atoms. The van der Waals surface area contributed by atoms with Crippen molar-refractivity contribution in [1.29, 1.82) is 0 Å². The first-order valence-electron chi connectivity index (χ1n) is 6.53. The zero-order valence-corrected chi connectivity index (χ0v) is 12.1. The van der Waals surface area contributed by atoms with Crippen LogP contribution < -0.4 is 0 Å². The first-order valence-corrected chi connectivity index (χ1v) is 6.53. The van der Waals surface area contributed by atoms with E-state index in [0.717, 1.165) is 5.56 Å². The fourth-order valence-corrected chi connectivity index (χ4v) is 1.98. The summed E-state index contributed by atoms with van der Waals surface area (Å²) in [5, 5.41) is 9.40. The van der Waals surface area contributed by atoms with Crippen molar-refractivity contribution in [3.05, 3.63) is 29.3 Å². The van der Waals surface area contributed by atoms with Gasteiger partial charge in [-0.2, -0.15) is 0 Å². The van der Waals surface area contributed by atoms with E-state index in [0.29, 0.717) is 31.2 Å². The van der Waals surface area contributed by atoms with Crippen LogP contribution in [0.1, 0.15) is 29.8 Å². The molecule has 1 N–H and O–H groups in total. The van der Waals surface area contributed by atoms with Gasteiger partial charge in [-0.3, -0.25) is 4.79 Å². The number of amides is 1. The number of methoxy groups -OCH3 is 1. The number of carbonyl (C=O) groups is 1. The molecule has 1 amide bonds. The molecule has 106 valence electrons. The van der Waals surface area contributed by atoms with Crippen LogP contribution in [0.5, 0.6) is 5.75 Å². The first kappa shape index (κ1) is 15.5. The summed E-state index contributed by atoms with van der Waals surface area (Å²) in [5.74, 6) is 0.572. The lowest BCUT2D eigenvalue weighted by atomic mass is 10.1. The lowest BCUT2D eigenvalue weighted by Crippen LogP contribution is -2.37. The van der Waals surface area contributed by atoms with Crippen LogP contribution in [0.25, 0.3) is 0 Å². The van der Waals surface area contributed by atoms with Gasteiger partial charge < -0.3 is 14.7 Å². The number of aromatic hydroxyl groups is 1. The number of hydrogen-bond donors (Lipinski definition) is 1. The van der Waals surface area contributed by atoms with Gasteiger partial charge in [-0.15, -0.1) is 0 Å². The molecule has 0 fully saturated rings. The van der Waals surface area contributed by atoms with Crippen LogP contribution in [-0.2, 0) is 4.74 Å². The Kier molecular flexibility index (Phi) is 5.83. The standard InChI is InChI=1S/C15H23NO3/c1-11(2)10-16(7-8-19-4)15(18)14-6-5-13(17)9-12(14)3/h5-6,9,11,17H,7-8,10H2,1-4H3. The number of carbonyl (C=O) groups excluding carboxylic acids is 1. The Morgan fingerprint density at radius 3 is 2.63 bits per heavy atom. The Balaban J connectivity index is 2.90. The molecule has 0 spiro atoms. The molecule has 1 rings (SSSR count). The molecule has 0 atom stereocenters. The topological polar surface area (TPSA) is 49.8 Å². The van der Waals surface area contributed by atoms with Gasteiger partial charge in [-0.1, -0.05) is 13.8 Å². The van der Waals surface area contributed by atoms with Gasteiger partial charge in [0.05, 0.1) is 6.61 Å². The van der Waals surface area contributed by atoms with Gasteiger partial charge >= 0.3 is 0 Å². The van der Waals surface area contributed by atoms with Gasteiger partial charge in [0.15, 0.2) is 0 Å². The third-order valence-electron chi connectivity index (χ3n) is 2.88. The van der Waals surface area contributed by atoms with Crippen LogP contribution in [0.3, 0.4) is 0 Å². The number of benzene rings is 1. The summed E-state index contributed by atoms with van der Waals surface area (Å²) in [6.07, 6.45) is 0. The van der Waals surface area contributed by atoms with E-state index >= 15 is 0 Å². The van der Waals surface area contributed by atoms with E-state index in [1.54, 1.807) is 30.2 Å². The number of ether oxygens (including phenoxy) is 1. The number of phenols is 1. The van der Waals surface area contributed by atoms with E-state index in [-0.39, 0.29) is 11.7 Å². The summed E-state index contributed by atoms with van der Waals surface area (Å²) in [6, 6.07) is 4.83. The highest BCUT2D eigenvalue weighted by Crippen LogP contribution is 2.18. The van der Waals surface area contributed by atoms with E-state index in [1.807, 2.05) is 6.92 Å². The fraction of sp³-hybridized carbons (Fsp3) is 0.533. The Morgan fingerprint density at radius 1 is 1.42 bits per heavy atom. The van der Waals surface area contributed by atoms with E-state index in [2.05, 4.69) is 13.8 Å². The summed E-state index contributed by atoms with van der Waals surface area (Å²) in [4.78, 5) is 14.3. The SMILES string of the molecule is COCCN(CC(C)C)C(=O)c1ccc(O)cc1C. The quantitative estimate of drug-likeness (QED) is 0.859. The maximum absolute atomic E-state index is 12.5. The van der Waals surface area contributed by atoms with Crippen LogP contribution in [0.15, 0.2) is 18.2 Å². The summed E-state index contributed by atoms with van der Waals surface area (Å²) in [6.45, 7) is 7.79. The largest absolute Gasteiger partial charge is 0.508 e. The van der Waals surface area contributed by atoms with Crippen molar-refractivity contribution in [3.63, 3.8) is 0 Å². The van der Waals surface area contributed by atoms with Gasteiger partial charge in [0.1, 0.15) is 5.75 Å². The molecule has 4 heteroatoms. The second-order valence-electron chi connectivity index (χ2n) is 5.14.